The van der Waals surface area contributed by atoms with Gasteiger partial charge in [-0.1, -0.05) is 84.3 Å². The molecule has 0 heterocycles. The molecule has 1 atom stereocenters. The number of hydrogen-bond donors (Lipinski definition) is 1. The van der Waals surface area contributed by atoms with Crippen LogP contribution in [-0.4, -0.2) is 24.8 Å². The van der Waals surface area contributed by atoms with Gasteiger partial charge >= 0.3 is 0 Å². The van der Waals surface area contributed by atoms with E-state index in [0.29, 0.717) is 6.42 Å². The molecule has 0 saturated heterocycles. The van der Waals surface area contributed by atoms with Crippen molar-refractivity contribution in [3.05, 3.63) is 29.3 Å². The number of aryl methyl sites for hydroxylation is 2. The van der Waals surface area contributed by atoms with Crippen molar-refractivity contribution in [3.8, 4) is 5.75 Å². The van der Waals surface area contributed by atoms with Crippen molar-refractivity contribution >= 4 is 10.1 Å². The second-order valence-corrected chi connectivity index (χ2v) is 9.66. The molecule has 0 aliphatic heterocycles. The maximum atomic E-state index is 11.3. The molecule has 1 N–H and O–H groups in total. The highest BCUT2D eigenvalue weighted by atomic mass is 32.2. The van der Waals surface area contributed by atoms with Gasteiger partial charge in [0, 0.05) is 0 Å². The Morgan fingerprint density at radius 3 is 2.00 bits per heavy atom. The van der Waals surface area contributed by atoms with Crippen LogP contribution in [-0.2, 0) is 23.0 Å². The molecule has 0 saturated carbocycles. The molecule has 1 rings (SSSR count). The van der Waals surface area contributed by atoms with Crippen LogP contribution < -0.4 is 4.74 Å². The van der Waals surface area contributed by atoms with E-state index in [4.69, 9.17) is 4.74 Å². The van der Waals surface area contributed by atoms with Crippen LogP contribution in [0.1, 0.15) is 103 Å². The van der Waals surface area contributed by atoms with E-state index in [1.54, 1.807) is 0 Å². The van der Waals surface area contributed by atoms with Crippen LogP contribution in [0.2, 0.25) is 0 Å². The van der Waals surface area contributed by atoms with E-state index in [2.05, 4.69) is 32.0 Å². The van der Waals surface area contributed by atoms with Crippen LogP contribution in [0, 0.1) is 0 Å². The zero-order chi connectivity index (χ0) is 21.5. The lowest BCUT2D eigenvalue weighted by atomic mass is 10.00. The minimum atomic E-state index is -4.05. The molecular formula is C24H42O4S. The lowest BCUT2D eigenvalue weighted by Gasteiger charge is -2.20. The van der Waals surface area contributed by atoms with E-state index in [9.17, 15) is 13.0 Å². The van der Waals surface area contributed by atoms with Gasteiger partial charge in [0.05, 0.1) is 0 Å². The van der Waals surface area contributed by atoms with Crippen molar-refractivity contribution < 1.29 is 17.7 Å². The van der Waals surface area contributed by atoms with Crippen molar-refractivity contribution in [1.29, 1.82) is 0 Å². The number of ether oxygens (including phenoxy) is 1. The van der Waals surface area contributed by atoms with Gasteiger partial charge in [0.15, 0.2) is 0 Å². The predicted molar refractivity (Wildman–Crippen MR) is 122 cm³/mol. The maximum absolute atomic E-state index is 11.3. The average molecular weight is 427 g/mol. The third-order valence-electron chi connectivity index (χ3n) is 5.40. The number of benzene rings is 1. The van der Waals surface area contributed by atoms with Crippen LogP contribution in [0.3, 0.4) is 0 Å². The minimum Gasteiger partial charge on any atom is -0.489 e. The summed E-state index contributed by atoms with van der Waals surface area (Å²) in [4.78, 5) is 0. The zero-order valence-electron chi connectivity index (χ0n) is 18.8. The largest absolute Gasteiger partial charge is 0.489 e. The number of hydrogen-bond acceptors (Lipinski definition) is 3. The first-order valence-electron chi connectivity index (χ1n) is 11.6. The van der Waals surface area contributed by atoms with Gasteiger partial charge in [0.25, 0.3) is 10.1 Å². The highest BCUT2D eigenvalue weighted by Gasteiger charge is 2.18. The molecule has 0 amide bonds. The molecule has 0 bridgehead atoms. The zero-order valence-corrected chi connectivity index (χ0v) is 19.6. The summed E-state index contributed by atoms with van der Waals surface area (Å²) >= 11 is 0. The monoisotopic (exact) mass is 426 g/mol. The Balaban J connectivity index is 2.80. The molecule has 0 spiro atoms. The average Bonchev–Trinajstić information content (AvgIpc) is 2.67. The third kappa shape index (κ3) is 12.3. The molecule has 1 unspecified atom stereocenters. The fourth-order valence-corrected chi connectivity index (χ4v) is 4.35. The van der Waals surface area contributed by atoms with Crippen molar-refractivity contribution in [2.24, 2.45) is 0 Å². The van der Waals surface area contributed by atoms with Gasteiger partial charge in [0.2, 0.25) is 0 Å². The molecule has 0 aliphatic carbocycles. The van der Waals surface area contributed by atoms with Gasteiger partial charge in [-0.3, -0.25) is 4.55 Å². The molecular weight excluding hydrogens is 384 g/mol. The van der Waals surface area contributed by atoms with Crippen molar-refractivity contribution in [1.82, 2.24) is 0 Å². The summed E-state index contributed by atoms with van der Waals surface area (Å²) in [6, 6.07) is 6.43. The Morgan fingerprint density at radius 2 is 1.45 bits per heavy atom. The van der Waals surface area contributed by atoms with E-state index in [1.165, 1.54) is 56.9 Å². The quantitative estimate of drug-likeness (QED) is 0.221. The van der Waals surface area contributed by atoms with Crippen LogP contribution in [0.15, 0.2) is 18.2 Å². The second-order valence-electron chi connectivity index (χ2n) is 8.17. The van der Waals surface area contributed by atoms with E-state index < -0.39 is 16.2 Å². The molecule has 0 radical (unpaired) electrons. The molecule has 168 valence electrons. The summed E-state index contributed by atoms with van der Waals surface area (Å²) in [5, 5.41) is 0. The van der Waals surface area contributed by atoms with Gasteiger partial charge in [-0.2, -0.15) is 8.42 Å². The van der Waals surface area contributed by atoms with Gasteiger partial charge in [-0.05, 0) is 49.3 Å². The van der Waals surface area contributed by atoms with Gasteiger partial charge in [-0.25, -0.2) is 0 Å². The summed E-state index contributed by atoms with van der Waals surface area (Å²) in [6.45, 7) is 6.33. The van der Waals surface area contributed by atoms with Crippen LogP contribution in [0.5, 0.6) is 5.75 Å². The molecule has 0 aromatic heterocycles. The first kappa shape index (κ1) is 26.0. The molecule has 0 fully saturated rings. The highest BCUT2D eigenvalue weighted by Crippen LogP contribution is 2.26. The molecule has 0 aliphatic rings. The SMILES string of the molecule is CCCCCCCc1ccc(CCCCCCC)c(OC(CC)CS(=O)(=O)O)c1. The standard InChI is InChI=1S/C24H42O4S/c1-4-7-9-11-13-15-21-17-18-22(16-14-12-10-8-5-2)24(19-21)28-23(6-3)20-29(25,26)27/h17-19,23H,4-16,20H2,1-3H3,(H,25,26,27). The number of rotatable bonds is 17. The van der Waals surface area contributed by atoms with E-state index >= 15 is 0 Å². The molecule has 4 nitrogen and oxygen atoms in total. The fourth-order valence-electron chi connectivity index (χ4n) is 3.57. The lowest BCUT2D eigenvalue weighted by molar-refractivity contribution is 0.214. The summed E-state index contributed by atoms with van der Waals surface area (Å²) in [5.41, 5.74) is 2.39. The van der Waals surface area contributed by atoms with E-state index in [1.807, 2.05) is 6.92 Å². The Labute approximate surface area is 179 Å². The summed E-state index contributed by atoms with van der Waals surface area (Å²) in [5.74, 6) is 0.433. The smallest absolute Gasteiger partial charge is 0.268 e. The molecule has 5 heteroatoms. The Morgan fingerprint density at radius 1 is 0.862 bits per heavy atom. The van der Waals surface area contributed by atoms with Crippen molar-refractivity contribution in [2.75, 3.05) is 5.75 Å². The Kier molecular flexibility index (Phi) is 13.3. The first-order chi connectivity index (χ1) is 13.9. The van der Waals surface area contributed by atoms with Crippen molar-refractivity contribution in [3.63, 3.8) is 0 Å². The van der Waals surface area contributed by atoms with Crippen molar-refractivity contribution in [2.45, 2.75) is 110 Å². The van der Waals surface area contributed by atoms with Crippen LogP contribution >= 0.6 is 0 Å². The van der Waals surface area contributed by atoms with E-state index in [-0.39, 0.29) is 5.75 Å². The fraction of sp³-hybridized carbons (Fsp3) is 0.750. The van der Waals surface area contributed by atoms with E-state index in [0.717, 1.165) is 37.0 Å². The lowest BCUT2D eigenvalue weighted by Crippen LogP contribution is -2.26. The van der Waals surface area contributed by atoms with Gasteiger partial charge < -0.3 is 4.74 Å². The predicted octanol–water partition coefficient (Wildman–Crippen LogP) is 6.76. The molecule has 29 heavy (non-hydrogen) atoms. The topological polar surface area (TPSA) is 63.6 Å². The third-order valence-corrected chi connectivity index (χ3v) is 6.19. The number of unbranched alkanes of at least 4 members (excludes halogenated alkanes) is 8. The summed E-state index contributed by atoms with van der Waals surface area (Å²) in [7, 11) is -4.05. The summed E-state index contributed by atoms with van der Waals surface area (Å²) < 4.78 is 38.0. The highest BCUT2D eigenvalue weighted by molar-refractivity contribution is 7.85. The minimum absolute atomic E-state index is 0.360. The van der Waals surface area contributed by atoms with Crippen LogP contribution in [0.4, 0.5) is 0 Å². The summed E-state index contributed by atoms with van der Waals surface area (Å²) in [6.07, 6.45) is 14.3. The normalized spacial score (nSPS) is 12.8. The maximum Gasteiger partial charge on any atom is 0.268 e. The van der Waals surface area contributed by atoms with Gasteiger partial charge in [0.1, 0.15) is 17.6 Å². The van der Waals surface area contributed by atoms with Gasteiger partial charge in [-0.15, -0.1) is 0 Å². The Hall–Kier alpha value is -1.07. The molecule has 1 aromatic rings. The van der Waals surface area contributed by atoms with Crippen LogP contribution in [0.25, 0.3) is 0 Å². The Bertz CT molecular complexity index is 655. The first-order valence-corrected chi connectivity index (χ1v) is 13.2. The second kappa shape index (κ2) is 14.8. The molecule has 1 aromatic carbocycles.